The zero-order valence-corrected chi connectivity index (χ0v) is 6.86. The summed E-state index contributed by atoms with van der Waals surface area (Å²) in [5.41, 5.74) is 0.774. The largest absolute Gasteiger partial charge is 0.469 e. The van der Waals surface area contributed by atoms with E-state index in [1.807, 2.05) is 0 Å². The van der Waals surface area contributed by atoms with Crippen molar-refractivity contribution in [1.29, 1.82) is 0 Å². The van der Waals surface area contributed by atoms with Crippen molar-refractivity contribution in [2.24, 2.45) is 22.9 Å². The third-order valence-electron chi connectivity index (χ3n) is 3.00. The summed E-state index contributed by atoms with van der Waals surface area (Å²) in [6.07, 6.45) is 1.75. The van der Waals surface area contributed by atoms with E-state index in [1.54, 1.807) is 0 Å². The summed E-state index contributed by atoms with van der Waals surface area (Å²) >= 11 is 0. The van der Waals surface area contributed by atoms with Crippen LogP contribution in [0.4, 0.5) is 0 Å². The minimum absolute atomic E-state index is 0.0269. The number of carbonyl (C=O) groups is 1. The van der Waals surface area contributed by atoms with E-state index in [4.69, 9.17) is 5.21 Å². The molecule has 0 radical (unpaired) electrons. The maximum absolute atomic E-state index is 11.2. The molecule has 0 spiro atoms. The molecule has 4 heteroatoms. The number of ether oxygens (including phenoxy) is 1. The van der Waals surface area contributed by atoms with Gasteiger partial charge in [0, 0.05) is 5.92 Å². The first-order valence-corrected chi connectivity index (χ1v) is 4.06. The van der Waals surface area contributed by atoms with Gasteiger partial charge in [0.05, 0.1) is 18.7 Å². The molecule has 0 aromatic rings. The summed E-state index contributed by atoms with van der Waals surface area (Å²) in [5, 5.41) is 11.8. The van der Waals surface area contributed by atoms with E-state index in [0.717, 1.165) is 18.6 Å². The summed E-state index contributed by atoms with van der Waals surface area (Å²) in [5.74, 6) is 0.344. The number of rotatable bonds is 1. The lowest BCUT2D eigenvalue weighted by Crippen LogP contribution is -2.37. The van der Waals surface area contributed by atoms with Crippen molar-refractivity contribution in [3.05, 3.63) is 0 Å². The van der Waals surface area contributed by atoms with Crippen molar-refractivity contribution in [3.63, 3.8) is 0 Å². The van der Waals surface area contributed by atoms with Crippen LogP contribution in [0.2, 0.25) is 0 Å². The van der Waals surface area contributed by atoms with Crippen LogP contribution in [0.15, 0.2) is 5.16 Å². The maximum Gasteiger partial charge on any atom is 0.309 e. The first-order valence-electron chi connectivity index (χ1n) is 4.06. The van der Waals surface area contributed by atoms with Gasteiger partial charge in [0.1, 0.15) is 0 Å². The highest BCUT2D eigenvalue weighted by molar-refractivity contribution is 5.97. The number of oxime groups is 1. The van der Waals surface area contributed by atoms with Gasteiger partial charge in [-0.15, -0.1) is 0 Å². The molecule has 3 aliphatic rings. The van der Waals surface area contributed by atoms with Crippen molar-refractivity contribution in [2.45, 2.75) is 12.8 Å². The molecule has 3 unspecified atom stereocenters. The number of hydrogen-bond donors (Lipinski definition) is 1. The van der Waals surface area contributed by atoms with Crippen molar-refractivity contribution in [1.82, 2.24) is 0 Å². The molecule has 0 heterocycles. The Morgan fingerprint density at radius 2 is 2.50 bits per heavy atom. The molecule has 3 aliphatic carbocycles. The van der Waals surface area contributed by atoms with Crippen LogP contribution in [-0.4, -0.2) is 24.0 Å². The van der Waals surface area contributed by atoms with Gasteiger partial charge in [-0.2, -0.15) is 0 Å². The Morgan fingerprint density at radius 1 is 1.75 bits per heavy atom. The Hall–Kier alpha value is -1.06. The Kier molecular flexibility index (Phi) is 1.56. The van der Waals surface area contributed by atoms with Gasteiger partial charge in [-0.3, -0.25) is 4.79 Å². The van der Waals surface area contributed by atoms with Crippen molar-refractivity contribution in [2.75, 3.05) is 7.11 Å². The van der Waals surface area contributed by atoms with Crippen LogP contribution in [-0.2, 0) is 9.53 Å². The Morgan fingerprint density at radius 3 is 3.00 bits per heavy atom. The Balaban J connectivity index is 2.11. The predicted molar refractivity (Wildman–Crippen MR) is 40.9 cm³/mol. The van der Waals surface area contributed by atoms with Crippen LogP contribution in [0, 0.1) is 17.8 Å². The minimum atomic E-state index is -0.157. The highest BCUT2D eigenvalue weighted by Gasteiger charge is 2.55. The molecular formula is C8H11NO3. The Labute approximate surface area is 70.2 Å². The summed E-state index contributed by atoms with van der Waals surface area (Å²) < 4.78 is 4.65. The maximum atomic E-state index is 11.2. The molecule has 66 valence electrons. The zero-order valence-electron chi connectivity index (χ0n) is 6.86. The van der Waals surface area contributed by atoms with Crippen LogP contribution in [0.3, 0.4) is 0 Å². The molecular weight excluding hydrogens is 158 g/mol. The standard InChI is InChI=1S/C8H11NO3/c1-12-8(10)7-4-2-5(7)6(3-4)9-11/h4-5,7,11H,2-3H2,1H3. The number of carbonyl (C=O) groups excluding carboxylic acids is 1. The second-order valence-electron chi connectivity index (χ2n) is 3.45. The molecule has 4 nitrogen and oxygen atoms in total. The number of esters is 1. The highest BCUT2D eigenvalue weighted by atomic mass is 16.5. The van der Waals surface area contributed by atoms with Crippen LogP contribution in [0.1, 0.15) is 12.8 Å². The number of nitrogens with zero attached hydrogens (tertiary/aromatic N) is 1. The predicted octanol–water partition coefficient (Wildman–Crippen LogP) is 0.646. The van der Waals surface area contributed by atoms with Crippen LogP contribution < -0.4 is 0 Å². The molecule has 3 fully saturated rings. The van der Waals surface area contributed by atoms with Crippen molar-refractivity contribution >= 4 is 11.7 Å². The second kappa shape index (κ2) is 2.47. The van der Waals surface area contributed by atoms with Crippen LogP contribution >= 0.6 is 0 Å². The first kappa shape index (κ1) is 7.58. The lowest BCUT2D eigenvalue weighted by molar-refractivity contribution is -0.152. The zero-order chi connectivity index (χ0) is 8.72. The van der Waals surface area contributed by atoms with Gasteiger partial charge in [-0.25, -0.2) is 0 Å². The Bertz CT molecular complexity index is 249. The molecule has 0 saturated heterocycles. The number of fused-ring (bicyclic) bond motifs is 1. The van der Waals surface area contributed by atoms with Crippen molar-refractivity contribution in [3.8, 4) is 0 Å². The molecule has 0 amide bonds. The first-order chi connectivity index (χ1) is 5.77. The third-order valence-corrected chi connectivity index (χ3v) is 3.00. The fourth-order valence-electron chi connectivity index (χ4n) is 2.33. The quantitative estimate of drug-likeness (QED) is 0.356. The van der Waals surface area contributed by atoms with E-state index in [1.165, 1.54) is 7.11 Å². The van der Waals surface area contributed by atoms with E-state index in [2.05, 4.69) is 9.89 Å². The van der Waals surface area contributed by atoms with Crippen molar-refractivity contribution < 1.29 is 14.7 Å². The third kappa shape index (κ3) is 0.777. The van der Waals surface area contributed by atoms with Crippen LogP contribution in [0.5, 0.6) is 0 Å². The fraction of sp³-hybridized carbons (Fsp3) is 0.750. The molecule has 2 bridgehead atoms. The van der Waals surface area contributed by atoms with E-state index in [0.29, 0.717) is 5.92 Å². The van der Waals surface area contributed by atoms with Gasteiger partial charge >= 0.3 is 5.97 Å². The number of hydrogen-bond acceptors (Lipinski definition) is 4. The lowest BCUT2D eigenvalue weighted by Gasteiger charge is -2.31. The smallest absolute Gasteiger partial charge is 0.309 e. The second-order valence-corrected chi connectivity index (χ2v) is 3.45. The molecule has 3 rings (SSSR count). The molecule has 0 aromatic carbocycles. The monoisotopic (exact) mass is 169 g/mol. The molecule has 3 saturated carbocycles. The molecule has 0 aliphatic heterocycles. The van der Waals surface area contributed by atoms with E-state index in [9.17, 15) is 4.79 Å². The van der Waals surface area contributed by atoms with Gasteiger partial charge in [0.25, 0.3) is 0 Å². The van der Waals surface area contributed by atoms with E-state index < -0.39 is 0 Å². The average molecular weight is 169 g/mol. The normalized spacial score (nSPS) is 41.1. The molecule has 12 heavy (non-hydrogen) atoms. The topological polar surface area (TPSA) is 58.9 Å². The van der Waals surface area contributed by atoms with E-state index >= 15 is 0 Å². The van der Waals surface area contributed by atoms with Gasteiger partial charge in [0.15, 0.2) is 0 Å². The molecule has 3 atom stereocenters. The molecule has 1 N–H and O–H groups in total. The minimum Gasteiger partial charge on any atom is -0.469 e. The summed E-state index contributed by atoms with van der Waals surface area (Å²) in [6, 6.07) is 0. The van der Waals surface area contributed by atoms with E-state index in [-0.39, 0.29) is 17.8 Å². The van der Waals surface area contributed by atoms with Gasteiger partial charge in [0.2, 0.25) is 0 Å². The number of methoxy groups -OCH3 is 1. The van der Waals surface area contributed by atoms with Gasteiger partial charge < -0.3 is 9.94 Å². The van der Waals surface area contributed by atoms with Gasteiger partial charge in [-0.1, -0.05) is 5.16 Å². The molecule has 0 aromatic heterocycles. The lowest BCUT2D eigenvalue weighted by atomic mass is 9.72. The summed E-state index contributed by atoms with van der Waals surface area (Å²) in [6.45, 7) is 0. The summed E-state index contributed by atoms with van der Waals surface area (Å²) in [7, 11) is 1.40. The summed E-state index contributed by atoms with van der Waals surface area (Å²) in [4.78, 5) is 11.2. The SMILES string of the molecule is COC(=O)C1C2CC(=NO)C1C2. The van der Waals surface area contributed by atoms with Gasteiger partial charge in [-0.05, 0) is 18.8 Å². The average Bonchev–Trinajstić information content (AvgIpc) is 2.59. The van der Waals surface area contributed by atoms with Crippen LogP contribution in [0.25, 0.3) is 0 Å². The fourth-order valence-corrected chi connectivity index (χ4v) is 2.33. The highest BCUT2D eigenvalue weighted by Crippen LogP contribution is 2.52.